The Morgan fingerprint density at radius 1 is 1.03 bits per heavy atom. The van der Waals surface area contributed by atoms with Gasteiger partial charge in [0.1, 0.15) is 6.54 Å². The monoisotopic (exact) mass is 423 g/mol. The standard InChI is InChI=1S/C21H17N3O5S/c1-14-10-11-15(24(26)27)12-18(14)22-21(25)13-23-19-8-4-2-6-16(19)17-7-3-5-9-20(17)30(23,28)29/h2-12H,13H2,1H3,(H,22,25). The van der Waals surface area contributed by atoms with Crippen LogP contribution >= 0.6 is 0 Å². The van der Waals surface area contributed by atoms with Gasteiger partial charge in [-0.05, 0) is 24.6 Å². The fraction of sp³-hybridized carbons (Fsp3) is 0.0952. The van der Waals surface area contributed by atoms with Gasteiger partial charge in [-0.25, -0.2) is 8.42 Å². The Labute approximate surface area is 173 Å². The number of aryl methyl sites for hydroxylation is 1. The van der Waals surface area contributed by atoms with Gasteiger partial charge in [0.2, 0.25) is 5.91 Å². The second-order valence-electron chi connectivity index (χ2n) is 6.83. The number of hydrogen-bond donors (Lipinski definition) is 1. The minimum Gasteiger partial charge on any atom is -0.324 e. The van der Waals surface area contributed by atoms with E-state index in [9.17, 15) is 23.3 Å². The molecule has 0 fully saturated rings. The minimum atomic E-state index is -3.95. The summed E-state index contributed by atoms with van der Waals surface area (Å²) in [6.45, 7) is 1.23. The number of nitro groups is 1. The van der Waals surface area contributed by atoms with E-state index in [1.165, 1.54) is 24.3 Å². The number of rotatable bonds is 4. The molecule has 3 aromatic carbocycles. The summed E-state index contributed by atoms with van der Waals surface area (Å²) >= 11 is 0. The first-order valence-electron chi connectivity index (χ1n) is 9.05. The summed E-state index contributed by atoms with van der Waals surface area (Å²) in [7, 11) is -3.95. The van der Waals surface area contributed by atoms with Crippen LogP contribution in [-0.2, 0) is 14.8 Å². The second kappa shape index (κ2) is 7.27. The van der Waals surface area contributed by atoms with E-state index in [1.54, 1.807) is 49.4 Å². The van der Waals surface area contributed by atoms with Crippen molar-refractivity contribution in [2.75, 3.05) is 16.2 Å². The van der Waals surface area contributed by atoms with Crippen molar-refractivity contribution >= 4 is 33.0 Å². The average Bonchev–Trinajstić information content (AvgIpc) is 2.73. The number of amides is 1. The first-order valence-corrected chi connectivity index (χ1v) is 10.5. The van der Waals surface area contributed by atoms with Crippen LogP contribution in [0.3, 0.4) is 0 Å². The van der Waals surface area contributed by atoms with Crippen LogP contribution in [0.1, 0.15) is 5.56 Å². The van der Waals surface area contributed by atoms with E-state index >= 15 is 0 Å². The van der Waals surface area contributed by atoms with Gasteiger partial charge in [-0.2, -0.15) is 0 Å². The van der Waals surface area contributed by atoms with E-state index in [0.29, 0.717) is 22.4 Å². The zero-order chi connectivity index (χ0) is 21.5. The largest absolute Gasteiger partial charge is 0.324 e. The topological polar surface area (TPSA) is 110 Å². The van der Waals surface area contributed by atoms with Crippen LogP contribution in [-0.4, -0.2) is 25.8 Å². The number of non-ortho nitro benzene ring substituents is 1. The highest BCUT2D eigenvalue weighted by Crippen LogP contribution is 2.42. The molecule has 1 amide bonds. The molecule has 0 atom stereocenters. The molecule has 0 saturated heterocycles. The number of anilines is 2. The zero-order valence-electron chi connectivity index (χ0n) is 15.9. The molecule has 0 radical (unpaired) electrons. The van der Waals surface area contributed by atoms with Crippen molar-refractivity contribution in [3.05, 3.63) is 82.4 Å². The molecule has 0 saturated carbocycles. The molecule has 1 heterocycles. The van der Waals surface area contributed by atoms with Crippen LogP contribution in [0.25, 0.3) is 11.1 Å². The highest BCUT2D eigenvalue weighted by atomic mass is 32.2. The third-order valence-corrected chi connectivity index (χ3v) is 6.73. The summed E-state index contributed by atoms with van der Waals surface area (Å²) in [5.74, 6) is -0.601. The predicted molar refractivity (Wildman–Crippen MR) is 113 cm³/mol. The number of para-hydroxylation sites is 1. The molecule has 0 aromatic heterocycles. The highest BCUT2D eigenvalue weighted by molar-refractivity contribution is 7.93. The summed E-state index contributed by atoms with van der Waals surface area (Å²) in [4.78, 5) is 23.3. The number of fused-ring (bicyclic) bond motifs is 3. The Balaban J connectivity index is 1.69. The first kappa shape index (κ1) is 19.6. The summed E-state index contributed by atoms with van der Waals surface area (Å²) in [6, 6.07) is 17.7. The lowest BCUT2D eigenvalue weighted by molar-refractivity contribution is -0.384. The second-order valence-corrected chi connectivity index (χ2v) is 8.66. The molecule has 152 valence electrons. The fourth-order valence-electron chi connectivity index (χ4n) is 3.43. The van der Waals surface area contributed by atoms with Gasteiger partial charge in [0, 0.05) is 23.3 Å². The lowest BCUT2D eigenvalue weighted by Crippen LogP contribution is -2.40. The number of carbonyl (C=O) groups excluding carboxylic acids is 1. The van der Waals surface area contributed by atoms with Crippen LogP contribution in [0, 0.1) is 17.0 Å². The minimum absolute atomic E-state index is 0.128. The molecule has 1 aliphatic rings. The van der Waals surface area contributed by atoms with Gasteiger partial charge in [-0.1, -0.05) is 42.5 Å². The van der Waals surface area contributed by atoms with E-state index in [1.807, 2.05) is 0 Å². The smallest absolute Gasteiger partial charge is 0.271 e. The van der Waals surface area contributed by atoms with Gasteiger partial charge < -0.3 is 5.32 Å². The fourth-order valence-corrected chi connectivity index (χ4v) is 5.08. The van der Waals surface area contributed by atoms with Crippen LogP contribution in [0.5, 0.6) is 0 Å². The van der Waals surface area contributed by atoms with Crippen molar-refractivity contribution in [3.8, 4) is 11.1 Å². The van der Waals surface area contributed by atoms with Crippen LogP contribution in [0.4, 0.5) is 17.1 Å². The summed E-state index contributed by atoms with van der Waals surface area (Å²) in [6.07, 6.45) is 0. The highest BCUT2D eigenvalue weighted by Gasteiger charge is 2.35. The van der Waals surface area contributed by atoms with Crippen LogP contribution in [0.2, 0.25) is 0 Å². The first-order chi connectivity index (χ1) is 14.3. The van der Waals surface area contributed by atoms with Gasteiger partial charge >= 0.3 is 0 Å². The van der Waals surface area contributed by atoms with Gasteiger partial charge in [0.15, 0.2) is 0 Å². The number of nitrogens with zero attached hydrogens (tertiary/aromatic N) is 2. The SMILES string of the molecule is Cc1ccc([N+](=O)[O-])cc1NC(=O)CN1c2ccccc2-c2ccccc2S1(=O)=O. The molecule has 0 spiro atoms. The van der Waals surface area contributed by atoms with Gasteiger partial charge in [0.05, 0.1) is 21.2 Å². The molecule has 30 heavy (non-hydrogen) atoms. The Hall–Kier alpha value is -3.72. The third kappa shape index (κ3) is 3.29. The van der Waals surface area contributed by atoms with Crippen molar-refractivity contribution in [3.63, 3.8) is 0 Å². The summed E-state index contributed by atoms with van der Waals surface area (Å²) in [5, 5.41) is 13.6. The van der Waals surface area contributed by atoms with Crippen molar-refractivity contribution in [1.29, 1.82) is 0 Å². The Kier molecular flexibility index (Phi) is 4.75. The lowest BCUT2D eigenvalue weighted by atomic mass is 10.0. The van der Waals surface area contributed by atoms with Crippen LogP contribution in [0.15, 0.2) is 71.6 Å². The number of nitrogens with one attached hydrogen (secondary N) is 1. The van der Waals surface area contributed by atoms with E-state index in [0.717, 1.165) is 4.31 Å². The molecule has 1 N–H and O–H groups in total. The van der Waals surface area contributed by atoms with Crippen molar-refractivity contribution in [1.82, 2.24) is 0 Å². The predicted octanol–water partition coefficient (Wildman–Crippen LogP) is 3.72. The maximum absolute atomic E-state index is 13.2. The normalized spacial score (nSPS) is 13.8. The lowest BCUT2D eigenvalue weighted by Gasteiger charge is -2.31. The zero-order valence-corrected chi connectivity index (χ0v) is 16.7. The Bertz CT molecular complexity index is 1290. The van der Waals surface area contributed by atoms with E-state index in [-0.39, 0.29) is 16.3 Å². The molecule has 1 aliphatic heterocycles. The molecule has 8 nitrogen and oxygen atoms in total. The summed E-state index contributed by atoms with van der Waals surface area (Å²) in [5.41, 5.74) is 2.42. The Morgan fingerprint density at radius 3 is 2.43 bits per heavy atom. The Morgan fingerprint density at radius 2 is 1.70 bits per heavy atom. The number of sulfonamides is 1. The quantitative estimate of drug-likeness (QED) is 0.508. The average molecular weight is 423 g/mol. The number of hydrogen-bond acceptors (Lipinski definition) is 5. The van der Waals surface area contributed by atoms with Crippen LogP contribution < -0.4 is 9.62 Å². The maximum Gasteiger partial charge on any atom is 0.271 e. The van der Waals surface area contributed by atoms with Gasteiger partial charge in [-0.15, -0.1) is 0 Å². The van der Waals surface area contributed by atoms with E-state index in [4.69, 9.17) is 0 Å². The van der Waals surface area contributed by atoms with E-state index < -0.39 is 27.4 Å². The molecule has 0 unspecified atom stereocenters. The van der Waals surface area contributed by atoms with Gasteiger partial charge in [0.25, 0.3) is 15.7 Å². The number of nitro benzene ring substituents is 1. The van der Waals surface area contributed by atoms with Crippen molar-refractivity contribution in [2.24, 2.45) is 0 Å². The molecular weight excluding hydrogens is 406 g/mol. The number of benzene rings is 3. The maximum atomic E-state index is 13.2. The molecular formula is C21H17N3O5S. The van der Waals surface area contributed by atoms with Crippen molar-refractivity contribution in [2.45, 2.75) is 11.8 Å². The molecule has 0 aliphatic carbocycles. The van der Waals surface area contributed by atoms with E-state index in [2.05, 4.69) is 5.32 Å². The molecule has 0 bridgehead atoms. The van der Waals surface area contributed by atoms with Crippen molar-refractivity contribution < 1.29 is 18.1 Å². The third-order valence-electron chi connectivity index (χ3n) is 4.91. The number of carbonyl (C=O) groups is 1. The molecule has 4 rings (SSSR count). The van der Waals surface area contributed by atoms with Gasteiger partial charge in [-0.3, -0.25) is 19.2 Å². The molecule has 3 aromatic rings. The molecule has 9 heteroatoms. The summed E-state index contributed by atoms with van der Waals surface area (Å²) < 4.78 is 27.5.